The fourth-order valence-electron chi connectivity index (χ4n) is 1.39. The Kier molecular flexibility index (Phi) is 1.57. The van der Waals surface area contributed by atoms with E-state index in [1.165, 1.54) is 0 Å². The summed E-state index contributed by atoms with van der Waals surface area (Å²) in [4.78, 5) is 4.27. The molecule has 0 spiro atoms. The Balaban J connectivity index is 2.82. The fraction of sp³-hybridized carbons (Fsp3) is 0.333. The van der Waals surface area contributed by atoms with E-state index in [9.17, 15) is 0 Å². The first-order chi connectivity index (χ1) is 5.83. The molecule has 12 heavy (non-hydrogen) atoms. The van der Waals surface area contributed by atoms with E-state index >= 15 is 0 Å². The van der Waals surface area contributed by atoms with Crippen LogP contribution in [0.5, 0.6) is 0 Å². The van der Waals surface area contributed by atoms with Crippen molar-refractivity contribution < 1.29 is 0 Å². The van der Waals surface area contributed by atoms with Gasteiger partial charge in [-0.3, -0.25) is 0 Å². The van der Waals surface area contributed by atoms with Crippen LogP contribution < -0.4 is 0 Å². The van der Waals surface area contributed by atoms with Gasteiger partial charge in [0.2, 0.25) is 0 Å². The van der Waals surface area contributed by atoms with Gasteiger partial charge in [-0.15, -0.1) is 0 Å². The molecular formula is C9H11N3. The van der Waals surface area contributed by atoms with Crippen LogP contribution in [0.3, 0.4) is 0 Å². The summed E-state index contributed by atoms with van der Waals surface area (Å²) in [5.41, 5.74) is 2.04. The number of rotatable bonds is 1. The third kappa shape index (κ3) is 0.897. The Bertz CT molecular complexity index is 403. The second kappa shape index (κ2) is 2.59. The van der Waals surface area contributed by atoms with Gasteiger partial charge in [0.15, 0.2) is 5.65 Å². The largest absolute Gasteiger partial charge is 0.247 e. The SMILES string of the molecule is CCn1nc(C)c2cccnc21. The average Bonchev–Trinajstić information content (AvgIpc) is 2.44. The summed E-state index contributed by atoms with van der Waals surface area (Å²) in [6.45, 7) is 4.96. The highest BCUT2D eigenvalue weighted by Gasteiger charge is 2.04. The van der Waals surface area contributed by atoms with Crippen LogP contribution in [0.1, 0.15) is 12.6 Å². The van der Waals surface area contributed by atoms with Gasteiger partial charge in [0.25, 0.3) is 0 Å². The number of aryl methyl sites for hydroxylation is 2. The van der Waals surface area contributed by atoms with Crippen molar-refractivity contribution in [3.8, 4) is 0 Å². The molecule has 0 N–H and O–H groups in total. The molecule has 0 aliphatic rings. The molecule has 0 aromatic carbocycles. The molecule has 0 saturated heterocycles. The maximum atomic E-state index is 4.36. The normalized spacial score (nSPS) is 10.8. The highest BCUT2D eigenvalue weighted by molar-refractivity contribution is 5.77. The Morgan fingerprint density at radius 3 is 3.08 bits per heavy atom. The third-order valence-corrected chi connectivity index (χ3v) is 1.99. The van der Waals surface area contributed by atoms with Crippen LogP contribution in [0.15, 0.2) is 18.3 Å². The molecule has 0 aliphatic carbocycles. The van der Waals surface area contributed by atoms with Crippen LogP contribution >= 0.6 is 0 Å². The van der Waals surface area contributed by atoms with Crippen molar-refractivity contribution in [3.05, 3.63) is 24.0 Å². The zero-order chi connectivity index (χ0) is 8.55. The van der Waals surface area contributed by atoms with Crippen LogP contribution in [0.4, 0.5) is 0 Å². The monoisotopic (exact) mass is 161 g/mol. The summed E-state index contributed by atoms with van der Waals surface area (Å²) in [5.74, 6) is 0. The van der Waals surface area contributed by atoms with Crippen LogP contribution in [-0.2, 0) is 6.54 Å². The van der Waals surface area contributed by atoms with Crippen molar-refractivity contribution in [3.63, 3.8) is 0 Å². The van der Waals surface area contributed by atoms with Gasteiger partial charge in [-0.1, -0.05) is 0 Å². The summed E-state index contributed by atoms with van der Waals surface area (Å²) >= 11 is 0. The molecule has 0 atom stereocenters. The lowest BCUT2D eigenvalue weighted by Crippen LogP contribution is -1.96. The Labute approximate surface area is 71.0 Å². The Morgan fingerprint density at radius 2 is 2.33 bits per heavy atom. The quantitative estimate of drug-likeness (QED) is 0.638. The molecule has 0 bridgehead atoms. The Hall–Kier alpha value is -1.38. The molecule has 0 radical (unpaired) electrons. The molecule has 2 rings (SSSR count). The highest BCUT2D eigenvalue weighted by Crippen LogP contribution is 2.14. The van der Waals surface area contributed by atoms with Crippen molar-refractivity contribution in [1.29, 1.82) is 0 Å². The smallest absolute Gasteiger partial charge is 0.157 e. The van der Waals surface area contributed by atoms with Crippen molar-refractivity contribution in [1.82, 2.24) is 14.8 Å². The van der Waals surface area contributed by atoms with Gasteiger partial charge in [0.1, 0.15) is 0 Å². The maximum Gasteiger partial charge on any atom is 0.157 e. The fourth-order valence-corrected chi connectivity index (χ4v) is 1.39. The molecule has 3 heteroatoms. The molecule has 62 valence electrons. The van der Waals surface area contributed by atoms with Gasteiger partial charge < -0.3 is 0 Å². The van der Waals surface area contributed by atoms with Crippen molar-refractivity contribution >= 4 is 11.0 Å². The first kappa shape index (κ1) is 7.28. The molecule has 0 aliphatic heterocycles. The molecule has 2 heterocycles. The molecular weight excluding hydrogens is 150 g/mol. The number of pyridine rings is 1. The molecule has 0 unspecified atom stereocenters. The first-order valence-corrected chi connectivity index (χ1v) is 4.11. The molecule has 2 aromatic heterocycles. The summed E-state index contributed by atoms with van der Waals surface area (Å²) in [5, 5.41) is 5.51. The van der Waals surface area contributed by atoms with E-state index < -0.39 is 0 Å². The predicted molar refractivity (Wildman–Crippen MR) is 47.9 cm³/mol. The van der Waals surface area contributed by atoms with Crippen molar-refractivity contribution in [2.45, 2.75) is 20.4 Å². The zero-order valence-corrected chi connectivity index (χ0v) is 7.28. The van der Waals surface area contributed by atoms with Crippen LogP contribution in [0.25, 0.3) is 11.0 Å². The maximum absolute atomic E-state index is 4.36. The summed E-state index contributed by atoms with van der Waals surface area (Å²) in [7, 11) is 0. The number of nitrogens with zero attached hydrogens (tertiary/aromatic N) is 3. The zero-order valence-electron chi connectivity index (χ0n) is 7.28. The number of hydrogen-bond donors (Lipinski definition) is 0. The van der Waals surface area contributed by atoms with Crippen molar-refractivity contribution in [2.75, 3.05) is 0 Å². The molecule has 2 aromatic rings. The average molecular weight is 161 g/mol. The molecule has 0 fully saturated rings. The van der Waals surface area contributed by atoms with Gasteiger partial charge in [0, 0.05) is 18.1 Å². The summed E-state index contributed by atoms with van der Waals surface area (Å²) < 4.78 is 1.92. The van der Waals surface area contributed by atoms with E-state index in [2.05, 4.69) is 23.1 Å². The van der Waals surface area contributed by atoms with Gasteiger partial charge in [-0.05, 0) is 26.0 Å². The van der Waals surface area contributed by atoms with E-state index in [0.29, 0.717) is 0 Å². The second-order valence-corrected chi connectivity index (χ2v) is 2.78. The lowest BCUT2D eigenvalue weighted by atomic mass is 10.3. The van der Waals surface area contributed by atoms with Crippen molar-refractivity contribution in [2.24, 2.45) is 0 Å². The molecule has 0 saturated carbocycles. The van der Waals surface area contributed by atoms with Gasteiger partial charge in [0.05, 0.1) is 5.69 Å². The van der Waals surface area contributed by atoms with E-state index in [0.717, 1.165) is 23.3 Å². The van der Waals surface area contributed by atoms with E-state index in [1.807, 2.05) is 17.7 Å². The third-order valence-electron chi connectivity index (χ3n) is 1.99. The Morgan fingerprint density at radius 1 is 1.50 bits per heavy atom. The lowest BCUT2D eigenvalue weighted by Gasteiger charge is -1.94. The minimum Gasteiger partial charge on any atom is -0.247 e. The second-order valence-electron chi connectivity index (χ2n) is 2.78. The van der Waals surface area contributed by atoms with E-state index in [1.54, 1.807) is 6.20 Å². The van der Waals surface area contributed by atoms with Gasteiger partial charge in [-0.2, -0.15) is 5.10 Å². The molecule has 0 amide bonds. The van der Waals surface area contributed by atoms with E-state index in [4.69, 9.17) is 0 Å². The van der Waals surface area contributed by atoms with Gasteiger partial charge in [-0.25, -0.2) is 9.67 Å². The lowest BCUT2D eigenvalue weighted by molar-refractivity contribution is 0.669. The topological polar surface area (TPSA) is 30.7 Å². The van der Waals surface area contributed by atoms with Crippen LogP contribution in [0.2, 0.25) is 0 Å². The van der Waals surface area contributed by atoms with E-state index in [-0.39, 0.29) is 0 Å². The number of hydrogen-bond acceptors (Lipinski definition) is 2. The summed E-state index contributed by atoms with van der Waals surface area (Å²) in [6.07, 6.45) is 1.80. The standard InChI is InChI=1S/C9H11N3/c1-3-12-9-8(7(2)11-12)5-4-6-10-9/h4-6H,3H2,1-2H3. The minimum absolute atomic E-state index is 0.876. The molecule has 3 nitrogen and oxygen atoms in total. The first-order valence-electron chi connectivity index (χ1n) is 4.11. The predicted octanol–water partition coefficient (Wildman–Crippen LogP) is 1.76. The van der Waals surface area contributed by atoms with Crippen LogP contribution in [0, 0.1) is 6.92 Å². The minimum atomic E-state index is 0.876. The van der Waals surface area contributed by atoms with Crippen LogP contribution in [-0.4, -0.2) is 14.8 Å². The number of aromatic nitrogens is 3. The highest BCUT2D eigenvalue weighted by atomic mass is 15.3. The van der Waals surface area contributed by atoms with Gasteiger partial charge >= 0.3 is 0 Å². The summed E-state index contributed by atoms with van der Waals surface area (Å²) in [6, 6.07) is 3.99. The number of fused-ring (bicyclic) bond motifs is 1.